The molecule has 0 radical (unpaired) electrons. The molecule has 1 heterocycles. The molecule has 0 bridgehead atoms. The Bertz CT molecular complexity index is 548. The summed E-state index contributed by atoms with van der Waals surface area (Å²) in [5.41, 5.74) is 1.37. The highest BCUT2D eigenvalue weighted by molar-refractivity contribution is 5.94. The highest BCUT2D eigenvalue weighted by atomic mass is 35.5. The number of rotatable bonds is 4. The summed E-state index contributed by atoms with van der Waals surface area (Å²) in [4.78, 5) is 25.9. The maximum absolute atomic E-state index is 12.5. The van der Waals surface area contributed by atoms with Crippen LogP contribution in [-0.4, -0.2) is 49.4 Å². The van der Waals surface area contributed by atoms with Crippen LogP contribution in [-0.2, 0) is 11.2 Å². The minimum Gasteiger partial charge on any atom is -0.496 e. The van der Waals surface area contributed by atoms with E-state index in [0.29, 0.717) is 17.9 Å². The molecular formula is C16H23ClN2O3. The number of nitrogens with zero attached hydrogens (tertiary/aromatic N) is 1. The van der Waals surface area contributed by atoms with Gasteiger partial charge in [0.1, 0.15) is 5.75 Å². The Balaban J connectivity index is 0.00000242. The van der Waals surface area contributed by atoms with Crippen LogP contribution in [0.4, 0.5) is 0 Å². The quantitative estimate of drug-likeness (QED) is 0.855. The summed E-state index contributed by atoms with van der Waals surface area (Å²) in [7, 11) is 1.57. The number of piperazine rings is 1. The molecule has 2 rings (SSSR count). The van der Waals surface area contributed by atoms with Crippen molar-refractivity contribution < 1.29 is 14.3 Å². The summed E-state index contributed by atoms with van der Waals surface area (Å²) in [6.45, 7) is 5.91. The number of Topliss-reactive ketones (excluding diaryl/α,β-unsaturated/α-hetero) is 1. The lowest BCUT2D eigenvalue weighted by Gasteiger charge is -2.34. The van der Waals surface area contributed by atoms with E-state index < -0.39 is 0 Å². The Kier molecular flexibility index (Phi) is 6.84. The van der Waals surface area contributed by atoms with Crippen LogP contribution in [0.1, 0.15) is 29.8 Å². The number of nitrogens with one attached hydrogen (secondary N) is 1. The Morgan fingerprint density at radius 3 is 2.73 bits per heavy atom. The molecule has 1 N–H and O–H groups in total. The molecular weight excluding hydrogens is 304 g/mol. The molecule has 0 aromatic heterocycles. The van der Waals surface area contributed by atoms with Crippen LogP contribution >= 0.6 is 12.4 Å². The van der Waals surface area contributed by atoms with Gasteiger partial charge in [-0.2, -0.15) is 0 Å². The lowest BCUT2D eigenvalue weighted by molar-refractivity contribution is -0.133. The van der Waals surface area contributed by atoms with E-state index in [9.17, 15) is 9.59 Å². The highest BCUT2D eigenvalue weighted by Crippen LogP contribution is 2.22. The molecule has 1 fully saturated rings. The second-order valence-electron chi connectivity index (χ2n) is 5.40. The first kappa shape index (κ1) is 18.5. The second-order valence-corrected chi connectivity index (χ2v) is 5.40. The van der Waals surface area contributed by atoms with Crippen LogP contribution in [0.5, 0.6) is 5.75 Å². The van der Waals surface area contributed by atoms with Gasteiger partial charge in [0, 0.05) is 36.8 Å². The molecule has 1 aliphatic heterocycles. The Morgan fingerprint density at radius 2 is 2.14 bits per heavy atom. The third kappa shape index (κ3) is 4.21. The number of carbonyl (C=O) groups is 2. The number of carbonyl (C=O) groups excluding carboxylic acids is 2. The van der Waals surface area contributed by atoms with Gasteiger partial charge < -0.3 is 15.0 Å². The topological polar surface area (TPSA) is 58.6 Å². The maximum Gasteiger partial charge on any atom is 0.227 e. The van der Waals surface area contributed by atoms with Gasteiger partial charge in [0.2, 0.25) is 5.91 Å². The summed E-state index contributed by atoms with van der Waals surface area (Å²) in [5, 5.41) is 3.27. The van der Waals surface area contributed by atoms with E-state index in [1.165, 1.54) is 6.92 Å². The molecule has 122 valence electrons. The Hall–Kier alpha value is -1.59. The van der Waals surface area contributed by atoms with E-state index in [1.807, 2.05) is 11.8 Å². The van der Waals surface area contributed by atoms with Crippen LogP contribution in [0.2, 0.25) is 0 Å². The lowest BCUT2D eigenvalue weighted by atomic mass is 10.0. The summed E-state index contributed by atoms with van der Waals surface area (Å²) >= 11 is 0. The molecule has 1 aliphatic rings. The SMILES string of the molecule is COc1ccc(C(C)=O)cc1CC(=O)N1CCNCC1C.Cl. The number of amides is 1. The van der Waals surface area contributed by atoms with E-state index in [4.69, 9.17) is 4.74 Å². The number of ketones is 1. The fourth-order valence-corrected chi connectivity index (χ4v) is 2.61. The van der Waals surface area contributed by atoms with Crippen molar-refractivity contribution in [2.75, 3.05) is 26.7 Å². The highest BCUT2D eigenvalue weighted by Gasteiger charge is 2.24. The first-order valence-electron chi connectivity index (χ1n) is 7.21. The van der Waals surface area contributed by atoms with Gasteiger partial charge in [0.15, 0.2) is 5.78 Å². The molecule has 1 unspecified atom stereocenters. The van der Waals surface area contributed by atoms with E-state index in [-0.39, 0.29) is 36.6 Å². The minimum absolute atomic E-state index is 0. The van der Waals surface area contributed by atoms with E-state index in [2.05, 4.69) is 5.32 Å². The number of benzene rings is 1. The molecule has 0 saturated carbocycles. The van der Waals surface area contributed by atoms with Crippen molar-refractivity contribution in [3.05, 3.63) is 29.3 Å². The Morgan fingerprint density at radius 1 is 1.41 bits per heavy atom. The van der Waals surface area contributed by atoms with Gasteiger partial charge in [-0.25, -0.2) is 0 Å². The van der Waals surface area contributed by atoms with Crippen molar-refractivity contribution in [3.8, 4) is 5.75 Å². The van der Waals surface area contributed by atoms with Crippen molar-refractivity contribution in [2.24, 2.45) is 0 Å². The van der Waals surface area contributed by atoms with Crippen LogP contribution in [0.3, 0.4) is 0 Å². The largest absolute Gasteiger partial charge is 0.496 e. The number of hydrogen-bond acceptors (Lipinski definition) is 4. The third-order valence-corrected chi connectivity index (χ3v) is 3.85. The van der Waals surface area contributed by atoms with Crippen molar-refractivity contribution in [2.45, 2.75) is 26.3 Å². The first-order valence-corrected chi connectivity index (χ1v) is 7.21. The van der Waals surface area contributed by atoms with Crippen LogP contribution in [0.15, 0.2) is 18.2 Å². The van der Waals surface area contributed by atoms with E-state index in [0.717, 1.165) is 18.7 Å². The second kappa shape index (κ2) is 8.15. The standard InChI is InChI=1S/C16H22N2O3.ClH/c1-11-10-17-6-7-18(11)16(20)9-14-8-13(12(2)19)4-5-15(14)21-3;/h4-5,8,11,17H,6-7,9-10H2,1-3H3;1H. The zero-order valence-electron chi connectivity index (χ0n) is 13.2. The Labute approximate surface area is 137 Å². The van der Waals surface area contributed by atoms with Gasteiger partial charge in [0.05, 0.1) is 13.5 Å². The number of hydrogen-bond donors (Lipinski definition) is 1. The van der Waals surface area contributed by atoms with Crippen molar-refractivity contribution in [1.82, 2.24) is 10.2 Å². The fraction of sp³-hybridized carbons (Fsp3) is 0.500. The number of halogens is 1. The first-order chi connectivity index (χ1) is 10.0. The summed E-state index contributed by atoms with van der Waals surface area (Å²) in [6.07, 6.45) is 0.259. The van der Waals surface area contributed by atoms with Gasteiger partial charge in [-0.3, -0.25) is 9.59 Å². The van der Waals surface area contributed by atoms with Crippen LogP contribution in [0, 0.1) is 0 Å². The molecule has 1 atom stereocenters. The van der Waals surface area contributed by atoms with Crippen molar-refractivity contribution >= 4 is 24.1 Å². The van der Waals surface area contributed by atoms with Gasteiger partial charge >= 0.3 is 0 Å². The van der Waals surface area contributed by atoms with Gasteiger partial charge in [-0.05, 0) is 32.0 Å². The monoisotopic (exact) mass is 326 g/mol. The lowest BCUT2D eigenvalue weighted by Crippen LogP contribution is -2.52. The number of ether oxygens (including phenoxy) is 1. The summed E-state index contributed by atoms with van der Waals surface area (Å²) in [6, 6.07) is 5.42. The average molecular weight is 327 g/mol. The molecule has 5 nitrogen and oxygen atoms in total. The van der Waals surface area contributed by atoms with Crippen LogP contribution in [0.25, 0.3) is 0 Å². The van der Waals surface area contributed by atoms with Gasteiger partial charge in [-0.1, -0.05) is 0 Å². The summed E-state index contributed by atoms with van der Waals surface area (Å²) < 4.78 is 5.30. The van der Waals surface area contributed by atoms with E-state index in [1.54, 1.807) is 25.3 Å². The zero-order chi connectivity index (χ0) is 15.4. The molecule has 0 aliphatic carbocycles. The zero-order valence-corrected chi connectivity index (χ0v) is 14.0. The average Bonchev–Trinajstić information content (AvgIpc) is 2.47. The smallest absolute Gasteiger partial charge is 0.227 e. The molecule has 1 aromatic carbocycles. The normalized spacial score (nSPS) is 17.6. The fourth-order valence-electron chi connectivity index (χ4n) is 2.61. The molecule has 6 heteroatoms. The molecule has 0 spiro atoms. The van der Waals surface area contributed by atoms with Gasteiger partial charge in [0.25, 0.3) is 0 Å². The molecule has 22 heavy (non-hydrogen) atoms. The van der Waals surface area contributed by atoms with Crippen molar-refractivity contribution in [1.29, 1.82) is 0 Å². The summed E-state index contributed by atoms with van der Waals surface area (Å²) in [5.74, 6) is 0.709. The van der Waals surface area contributed by atoms with Crippen LogP contribution < -0.4 is 10.1 Å². The molecule has 1 aromatic rings. The molecule has 1 saturated heterocycles. The van der Waals surface area contributed by atoms with Crippen molar-refractivity contribution in [3.63, 3.8) is 0 Å². The molecule has 1 amide bonds. The maximum atomic E-state index is 12.5. The number of methoxy groups -OCH3 is 1. The predicted molar refractivity (Wildman–Crippen MR) is 88.0 cm³/mol. The minimum atomic E-state index is -0.0121. The van der Waals surface area contributed by atoms with Gasteiger partial charge in [-0.15, -0.1) is 12.4 Å². The third-order valence-electron chi connectivity index (χ3n) is 3.85. The van der Waals surface area contributed by atoms with E-state index >= 15 is 0 Å². The predicted octanol–water partition coefficient (Wildman–Crippen LogP) is 1.68.